The molecule has 3 heteroatoms. The number of aldehydes is 1. The first-order valence-electron chi connectivity index (χ1n) is 5.73. The molecule has 0 rings (SSSR count). The summed E-state index contributed by atoms with van der Waals surface area (Å²) in [5, 5.41) is 3.25. The highest BCUT2D eigenvalue weighted by molar-refractivity contribution is 5.57. The molecule has 14 heavy (non-hydrogen) atoms. The van der Waals surface area contributed by atoms with Crippen molar-refractivity contribution in [1.29, 1.82) is 0 Å². The summed E-state index contributed by atoms with van der Waals surface area (Å²) in [5.74, 6) is 0. The Balaban J connectivity index is 3.33. The Morgan fingerprint density at radius 2 is 2.07 bits per heavy atom. The fourth-order valence-electron chi connectivity index (χ4n) is 1.39. The van der Waals surface area contributed by atoms with Crippen LogP contribution in [0.5, 0.6) is 0 Å². The van der Waals surface area contributed by atoms with Gasteiger partial charge in [0.1, 0.15) is 6.29 Å². The van der Waals surface area contributed by atoms with Crippen LogP contribution >= 0.6 is 0 Å². The summed E-state index contributed by atoms with van der Waals surface area (Å²) >= 11 is 0. The van der Waals surface area contributed by atoms with Gasteiger partial charge in [0, 0.05) is 0 Å². The summed E-state index contributed by atoms with van der Waals surface area (Å²) in [6.45, 7) is 3.86. The Kier molecular flexibility index (Phi) is 10.4. The van der Waals surface area contributed by atoms with Gasteiger partial charge >= 0.3 is 0 Å². The first-order chi connectivity index (χ1) is 6.85. The van der Waals surface area contributed by atoms with Gasteiger partial charge in [0.15, 0.2) is 0 Å². The van der Waals surface area contributed by atoms with E-state index < -0.39 is 0 Å². The summed E-state index contributed by atoms with van der Waals surface area (Å²) in [6, 6.07) is 0.0402. The van der Waals surface area contributed by atoms with Crippen LogP contribution in [0.25, 0.3) is 0 Å². The molecule has 0 aliphatic heterocycles. The summed E-state index contributed by atoms with van der Waals surface area (Å²) in [6.07, 6.45) is 7.62. The SMILES string of the molecule is CCCCCNC(C=O)CCCCN. The fourth-order valence-corrected chi connectivity index (χ4v) is 1.39. The van der Waals surface area contributed by atoms with E-state index in [0.717, 1.165) is 45.1 Å². The van der Waals surface area contributed by atoms with E-state index in [9.17, 15) is 4.79 Å². The zero-order valence-electron chi connectivity index (χ0n) is 9.30. The van der Waals surface area contributed by atoms with Gasteiger partial charge in [-0.3, -0.25) is 0 Å². The minimum absolute atomic E-state index is 0.0402. The largest absolute Gasteiger partial charge is 0.330 e. The molecule has 0 fully saturated rings. The number of nitrogens with two attached hydrogens (primary N) is 1. The highest BCUT2D eigenvalue weighted by atomic mass is 16.1. The van der Waals surface area contributed by atoms with Crippen LogP contribution in [-0.2, 0) is 4.79 Å². The van der Waals surface area contributed by atoms with Gasteiger partial charge in [-0.15, -0.1) is 0 Å². The average molecular weight is 200 g/mol. The molecule has 0 radical (unpaired) electrons. The van der Waals surface area contributed by atoms with Crippen molar-refractivity contribution in [3.8, 4) is 0 Å². The molecule has 0 aliphatic rings. The van der Waals surface area contributed by atoms with Gasteiger partial charge in [-0.25, -0.2) is 0 Å². The number of carbonyl (C=O) groups is 1. The molecule has 0 saturated heterocycles. The van der Waals surface area contributed by atoms with Crippen molar-refractivity contribution in [3.05, 3.63) is 0 Å². The zero-order chi connectivity index (χ0) is 10.6. The molecular formula is C11H24N2O. The van der Waals surface area contributed by atoms with Crippen LogP contribution in [0, 0.1) is 0 Å². The van der Waals surface area contributed by atoms with Gasteiger partial charge in [-0.1, -0.05) is 26.2 Å². The van der Waals surface area contributed by atoms with Crippen LogP contribution in [0.2, 0.25) is 0 Å². The molecule has 1 unspecified atom stereocenters. The number of nitrogens with one attached hydrogen (secondary N) is 1. The van der Waals surface area contributed by atoms with Gasteiger partial charge in [0.2, 0.25) is 0 Å². The third-order valence-corrected chi connectivity index (χ3v) is 2.32. The van der Waals surface area contributed by atoms with Gasteiger partial charge in [0.05, 0.1) is 6.04 Å². The third kappa shape index (κ3) is 8.20. The van der Waals surface area contributed by atoms with E-state index in [1.807, 2.05) is 0 Å². The highest BCUT2D eigenvalue weighted by Crippen LogP contribution is 1.99. The Morgan fingerprint density at radius 1 is 1.29 bits per heavy atom. The van der Waals surface area contributed by atoms with Crippen molar-refractivity contribution < 1.29 is 4.79 Å². The predicted molar refractivity (Wildman–Crippen MR) is 60.3 cm³/mol. The molecule has 0 aromatic carbocycles. The number of unbranched alkanes of at least 4 members (excludes halogenated alkanes) is 3. The van der Waals surface area contributed by atoms with Gasteiger partial charge in [0.25, 0.3) is 0 Å². The van der Waals surface area contributed by atoms with Crippen molar-refractivity contribution in [3.63, 3.8) is 0 Å². The number of rotatable bonds is 10. The van der Waals surface area contributed by atoms with E-state index in [4.69, 9.17) is 5.73 Å². The monoisotopic (exact) mass is 200 g/mol. The molecule has 0 bridgehead atoms. The van der Waals surface area contributed by atoms with Crippen LogP contribution in [0.4, 0.5) is 0 Å². The average Bonchev–Trinajstić information content (AvgIpc) is 2.22. The Hall–Kier alpha value is -0.410. The first-order valence-corrected chi connectivity index (χ1v) is 5.73. The number of hydrogen-bond donors (Lipinski definition) is 2. The standard InChI is InChI=1S/C11H24N2O/c1-2-3-6-9-13-11(10-14)7-4-5-8-12/h10-11,13H,2-9,12H2,1H3. The molecule has 0 heterocycles. The van der Waals surface area contributed by atoms with Gasteiger partial charge in [-0.2, -0.15) is 0 Å². The van der Waals surface area contributed by atoms with E-state index in [2.05, 4.69) is 12.2 Å². The molecular weight excluding hydrogens is 176 g/mol. The van der Waals surface area contributed by atoms with Crippen LogP contribution in [-0.4, -0.2) is 25.4 Å². The lowest BCUT2D eigenvalue weighted by molar-refractivity contribution is -0.109. The molecule has 3 nitrogen and oxygen atoms in total. The highest BCUT2D eigenvalue weighted by Gasteiger charge is 2.04. The van der Waals surface area contributed by atoms with Crippen LogP contribution in [0.3, 0.4) is 0 Å². The molecule has 0 spiro atoms. The van der Waals surface area contributed by atoms with Gasteiger partial charge < -0.3 is 15.8 Å². The van der Waals surface area contributed by atoms with Crippen molar-refractivity contribution >= 4 is 6.29 Å². The van der Waals surface area contributed by atoms with Crippen molar-refractivity contribution in [2.75, 3.05) is 13.1 Å². The Bertz CT molecular complexity index is 128. The van der Waals surface area contributed by atoms with E-state index in [0.29, 0.717) is 0 Å². The minimum Gasteiger partial charge on any atom is -0.330 e. The summed E-state index contributed by atoms with van der Waals surface area (Å²) in [5.41, 5.74) is 5.39. The van der Waals surface area contributed by atoms with Gasteiger partial charge in [-0.05, 0) is 32.4 Å². The number of hydrogen-bond acceptors (Lipinski definition) is 3. The second-order valence-corrected chi connectivity index (χ2v) is 3.69. The molecule has 84 valence electrons. The van der Waals surface area contributed by atoms with Crippen molar-refractivity contribution in [2.45, 2.75) is 51.5 Å². The lowest BCUT2D eigenvalue weighted by atomic mass is 10.1. The maximum Gasteiger partial charge on any atom is 0.136 e. The second-order valence-electron chi connectivity index (χ2n) is 3.69. The lowest BCUT2D eigenvalue weighted by Gasteiger charge is -2.11. The molecule has 0 aliphatic carbocycles. The summed E-state index contributed by atoms with van der Waals surface area (Å²) in [7, 11) is 0. The normalized spacial score (nSPS) is 12.7. The van der Waals surface area contributed by atoms with Crippen molar-refractivity contribution in [2.24, 2.45) is 5.73 Å². The Morgan fingerprint density at radius 3 is 2.64 bits per heavy atom. The summed E-state index contributed by atoms with van der Waals surface area (Å²) < 4.78 is 0. The van der Waals surface area contributed by atoms with Crippen LogP contribution in [0.15, 0.2) is 0 Å². The topological polar surface area (TPSA) is 55.1 Å². The molecule has 0 saturated carbocycles. The van der Waals surface area contributed by atoms with E-state index >= 15 is 0 Å². The van der Waals surface area contributed by atoms with Crippen LogP contribution < -0.4 is 11.1 Å². The maximum absolute atomic E-state index is 10.7. The minimum atomic E-state index is 0.0402. The lowest BCUT2D eigenvalue weighted by Crippen LogP contribution is -2.31. The first kappa shape index (κ1) is 13.6. The maximum atomic E-state index is 10.7. The van der Waals surface area contributed by atoms with E-state index in [1.165, 1.54) is 12.8 Å². The van der Waals surface area contributed by atoms with Crippen molar-refractivity contribution in [1.82, 2.24) is 5.32 Å². The third-order valence-electron chi connectivity index (χ3n) is 2.32. The second kappa shape index (κ2) is 10.7. The molecule has 0 aromatic rings. The quantitative estimate of drug-likeness (QED) is 0.415. The zero-order valence-corrected chi connectivity index (χ0v) is 9.30. The summed E-state index contributed by atoms with van der Waals surface area (Å²) in [4.78, 5) is 10.7. The van der Waals surface area contributed by atoms with Crippen LogP contribution in [0.1, 0.15) is 45.4 Å². The van der Waals surface area contributed by atoms with E-state index in [-0.39, 0.29) is 6.04 Å². The van der Waals surface area contributed by atoms with E-state index in [1.54, 1.807) is 0 Å². The molecule has 3 N–H and O–H groups in total. The molecule has 0 aromatic heterocycles. The fraction of sp³-hybridized carbons (Fsp3) is 0.909. The molecule has 1 atom stereocenters. The number of carbonyl (C=O) groups excluding carboxylic acids is 1. The predicted octanol–water partition coefficient (Wildman–Crippen LogP) is 1.46. The smallest absolute Gasteiger partial charge is 0.136 e. The molecule has 0 amide bonds. The Labute approximate surface area is 87.4 Å².